The lowest BCUT2D eigenvalue weighted by molar-refractivity contribution is 0.267. The molecule has 3 aromatic carbocycles. The molecule has 0 unspecified atom stereocenters. The van der Waals surface area contributed by atoms with Gasteiger partial charge in [0.15, 0.2) is 12.4 Å². The highest BCUT2D eigenvalue weighted by molar-refractivity contribution is 5.88. The van der Waals surface area contributed by atoms with E-state index in [9.17, 15) is 0 Å². The summed E-state index contributed by atoms with van der Waals surface area (Å²) in [6.45, 7) is 0.306. The molecule has 112 valence electrons. The van der Waals surface area contributed by atoms with Gasteiger partial charge in [0, 0.05) is 10.9 Å². The van der Waals surface area contributed by atoms with Crippen LogP contribution in [0.2, 0.25) is 0 Å². The quantitative estimate of drug-likeness (QED) is 0.527. The number of rotatable bonds is 4. The number of hydrogen-bond acceptors (Lipinski definition) is 3. The monoisotopic (exact) mass is 301 g/mol. The number of oxazole rings is 1. The minimum Gasteiger partial charge on any atom is -0.483 e. The second-order valence-electron chi connectivity index (χ2n) is 5.25. The van der Waals surface area contributed by atoms with E-state index in [1.807, 2.05) is 54.6 Å². The number of benzene rings is 3. The van der Waals surface area contributed by atoms with Crippen molar-refractivity contribution in [3.05, 3.63) is 84.9 Å². The van der Waals surface area contributed by atoms with Gasteiger partial charge in [-0.2, -0.15) is 0 Å². The van der Waals surface area contributed by atoms with Crippen LogP contribution in [0.15, 0.2) is 83.4 Å². The lowest BCUT2D eigenvalue weighted by Gasteiger charge is -2.07. The van der Waals surface area contributed by atoms with E-state index in [-0.39, 0.29) is 0 Å². The lowest BCUT2D eigenvalue weighted by Crippen LogP contribution is -1.95. The van der Waals surface area contributed by atoms with Gasteiger partial charge in [0.05, 0.1) is 6.20 Å². The summed E-state index contributed by atoms with van der Waals surface area (Å²) in [7, 11) is 0. The van der Waals surface area contributed by atoms with Crippen molar-refractivity contribution >= 4 is 10.8 Å². The Morgan fingerprint density at radius 1 is 0.826 bits per heavy atom. The van der Waals surface area contributed by atoms with Crippen molar-refractivity contribution in [2.24, 2.45) is 0 Å². The van der Waals surface area contributed by atoms with Crippen LogP contribution < -0.4 is 4.74 Å². The van der Waals surface area contributed by atoms with Crippen molar-refractivity contribution in [2.45, 2.75) is 6.61 Å². The number of fused-ring (bicyclic) bond motifs is 1. The molecule has 0 aliphatic heterocycles. The van der Waals surface area contributed by atoms with E-state index >= 15 is 0 Å². The zero-order valence-electron chi connectivity index (χ0n) is 12.5. The normalized spacial score (nSPS) is 10.8. The molecule has 4 rings (SSSR count). The Morgan fingerprint density at radius 3 is 2.52 bits per heavy atom. The van der Waals surface area contributed by atoms with Gasteiger partial charge in [-0.25, -0.2) is 4.98 Å². The Labute approximate surface area is 134 Å². The molecule has 0 fully saturated rings. The first-order chi connectivity index (χ1) is 11.4. The maximum absolute atomic E-state index is 5.90. The fourth-order valence-electron chi connectivity index (χ4n) is 2.57. The molecular weight excluding hydrogens is 286 g/mol. The van der Waals surface area contributed by atoms with Gasteiger partial charge in [-0.1, -0.05) is 66.7 Å². The van der Waals surface area contributed by atoms with Crippen molar-refractivity contribution in [1.82, 2.24) is 4.98 Å². The molecule has 0 radical (unpaired) electrons. The van der Waals surface area contributed by atoms with E-state index in [1.165, 1.54) is 0 Å². The highest BCUT2D eigenvalue weighted by Gasteiger charge is 2.08. The Morgan fingerprint density at radius 2 is 1.61 bits per heavy atom. The molecule has 0 saturated heterocycles. The van der Waals surface area contributed by atoms with Crippen molar-refractivity contribution < 1.29 is 9.15 Å². The van der Waals surface area contributed by atoms with Crippen LogP contribution in [0.5, 0.6) is 5.75 Å². The third-order valence-electron chi connectivity index (χ3n) is 3.71. The molecule has 0 aliphatic carbocycles. The summed E-state index contributed by atoms with van der Waals surface area (Å²) < 4.78 is 11.7. The van der Waals surface area contributed by atoms with Crippen LogP contribution in [0.1, 0.15) is 5.89 Å². The molecule has 23 heavy (non-hydrogen) atoms. The SMILES string of the molecule is c1ccc(-c2cnc(COc3cccc4ccccc34)o2)cc1. The minimum atomic E-state index is 0.306. The molecule has 4 aromatic rings. The predicted octanol–water partition coefficient (Wildman–Crippen LogP) is 5.07. The third kappa shape index (κ3) is 2.81. The topological polar surface area (TPSA) is 35.3 Å². The van der Waals surface area contributed by atoms with E-state index < -0.39 is 0 Å². The molecule has 0 saturated carbocycles. The molecular formula is C20H15NO2. The summed E-state index contributed by atoms with van der Waals surface area (Å²) in [5.41, 5.74) is 1.01. The smallest absolute Gasteiger partial charge is 0.232 e. The van der Waals surface area contributed by atoms with Crippen LogP contribution in [0.25, 0.3) is 22.1 Å². The standard InChI is InChI=1S/C20H15NO2/c1-2-8-16(9-3-1)19-13-21-20(23-19)14-22-18-12-6-10-15-7-4-5-11-17(15)18/h1-13H,14H2. The van der Waals surface area contributed by atoms with Gasteiger partial charge in [-0.05, 0) is 11.5 Å². The number of aromatic nitrogens is 1. The lowest BCUT2D eigenvalue weighted by atomic mass is 10.1. The second kappa shape index (κ2) is 5.97. The van der Waals surface area contributed by atoms with Gasteiger partial charge >= 0.3 is 0 Å². The second-order valence-corrected chi connectivity index (χ2v) is 5.25. The van der Waals surface area contributed by atoms with Gasteiger partial charge < -0.3 is 9.15 Å². The maximum atomic E-state index is 5.90. The zero-order valence-corrected chi connectivity index (χ0v) is 12.5. The van der Waals surface area contributed by atoms with E-state index in [1.54, 1.807) is 6.20 Å². The molecule has 1 aromatic heterocycles. The van der Waals surface area contributed by atoms with Crippen LogP contribution in [0, 0.1) is 0 Å². The fourth-order valence-corrected chi connectivity index (χ4v) is 2.57. The average Bonchev–Trinajstić information content (AvgIpc) is 3.10. The van der Waals surface area contributed by atoms with Crippen LogP contribution in [0.3, 0.4) is 0 Å². The molecule has 1 heterocycles. The number of ether oxygens (including phenoxy) is 1. The van der Waals surface area contributed by atoms with Crippen molar-refractivity contribution in [3.63, 3.8) is 0 Å². The average molecular weight is 301 g/mol. The molecule has 0 spiro atoms. The van der Waals surface area contributed by atoms with Crippen molar-refractivity contribution in [3.8, 4) is 17.1 Å². The molecule has 3 heteroatoms. The van der Waals surface area contributed by atoms with Gasteiger partial charge in [0.2, 0.25) is 5.89 Å². The Hall–Kier alpha value is -3.07. The minimum absolute atomic E-state index is 0.306. The van der Waals surface area contributed by atoms with Crippen molar-refractivity contribution in [1.29, 1.82) is 0 Å². The predicted molar refractivity (Wildman–Crippen MR) is 90.2 cm³/mol. The summed E-state index contributed by atoms with van der Waals surface area (Å²) in [6, 6.07) is 24.1. The third-order valence-corrected chi connectivity index (χ3v) is 3.71. The molecule has 0 bridgehead atoms. The summed E-state index contributed by atoms with van der Waals surface area (Å²) in [4.78, 5) is 4.30. The van der Waals surface area contributed by atoms with Gasteiger partial charge in [-0.15, -0.1) is 0 Å². The summed E-state index contributed by atoms with van der Waals surface area (Å²) in [6.07, 6.45) is 1.73. The largest absolute Gasteiger partial charge is 0.483 e. The van der Waals surface area contributed by atoms with E-state index in [4.69, 9.17) is 9.15 Å². The van der Waals surface area contributed by atoms with Gasteiger partial charge in [-0.3, -0.25) is 0 Å². The Bertz CT molecular complexity index is 923. The number of nitrogens with zero attached hydrogens (tertiary/aromatic N) is 1. The molecule has 0 atom stereocenters. The molecule has 0 N–H and O–H groups in total. The molecule has 3 nitrogen and oxygen atoms in total. The Balaban J connectivity index is 1.54. The Kier molecular flexibility index (Phi) is 3.53. The van der Waals surface area contributed by atoms with E-state index in [0.29, 0.717) is 12.5 Å². The highest BCUT2D eigenvalue weighted by atomic mass is 16.5. The molecule has 0 aliphatic rings. The first-order valence-electron chi connectivity index (χ1n) is 7.51. The van der Waals surface area contributed by atoms with Crippen LogP contribution in [-0.4, -0.2) is 4.98 Å². The fraction of sp³-hybridized carbons (Fsp3) is 0.0500. The summed E-state index contributed by atoms with van der Waals surface area (Å²) >= 11 is 0. The molecule has 0 amide bonds. The first-order valence-corrected chi connectivity index (χ1v) is 7.51. The van der Waals surface area contributed by atoms with Gasteiger partial charge in [0.1, 0.15) is 5.75 Å². The first kappa shape index (κ1) is 13.6. The highest BCUT2D eigenvalue weighted by Crippen LogP contribution is 2.26. The summed E-state index contributed by atoms with van der Waals surface area (Å²) in [5.74, 6) is 2.15. The number of hydrogen-bond donors (Lipinski definition) is 0. The van der Waals surface area contributed by atoms with E-state index in [2.05, 4.69) is 23.2 Å². The van der Waals surface area contributed by atoms with Gasteiger partial charge in [0.25, 0.3) is 0 Å². The van der Waals surface area contributed by atoms with E-state index in [0.717, 1.165) is 27.8 Å². The van der Waals surface area contributed by atoms with Crippen LogP contribution in [0.4, 0.5) is 0 Å². The van der Waals surface area contributed by atoms with Crippen molar-refractivity contribution in [2.75, 3.05) is 0 Å². The maximum Gasteiger partial charge on any atom is 0.232 e. The zero-order chi connectivity index (χ0) is 15.5. The summed E-state index contributed by atoms with van der Waals surface area (Å²) in [5, 5.41) is 2.24. The van der Waals surface area contributed by atoms with Crippen LogP contribution in [-0.2, 0) is 6.61 Å². The van der Waals surface area contributed by atoms with Crippen LogP contribution >= 0.6 is 0 Å².